The van der Waals surface area contributed by atoms with Gasteiger partial charge in [-0.3, -0.25) is 9.59 Å². The summed E-state index contributed by atoms with van der Waals surface area (Å²) in [6.07, 6.45) is 0. The Morgan fingerprint density at radius 3 is 2.18 bits per heavy atom. The summed E-state index contributed by atoms with van der Waals surface area (Å²) in [5, 5.41) is 2.83. The molecule has 0 radical (unpaired) electrons. The van der Waals surface area contributed by atoms with Crippen molar-refractivity contribution in [1.29, 1.82) is 0 Å². The van der Waals surface area contributed by atoms with Crippen molar-refractivity contribution in [2.24, 2.45) is 0 Å². The smallest absolute Gasteiger partial charge is 0.304 e. The second kappa shape index (κ2) is 11.6. The molecule has 2 aromatic rings. The van der Waals surface area contributed by atoms with Gasteiger partial charge in [0.1, 0.15) is 12.6 Å². The molecule has 2 aromatic carbocycles. The Morgan fingerprint density at radius 1 is 1.00 bits per heavy atom. The van der Waals surface area contributed by atoms with E-state index in [1.807, 2.05) is 38.1 Å². The molecule has 0 heterocycles. The van der Waals surface area contributed by atoms with Crippen molar-refractivity contribution in [3.05, 3.63) is 64.6 Å². The molecule has 8 nitrogen and oxygen atoms in total. The first-order chi connectivity index (χ1) is 15.4. The Bertz CT molecular complexity index is 1060. The average Bonchev–Trinajstić information content (AvgIpc) is 2.75. The van der Waals surface area contributed by atoms with Crippen LogP contribution < -0.4 is 9.62 Å². The van der Waals surface area contributed by atoms with Crippen LogP contribution in [0.1, 0.15) is 26.3 Å². The number of amides is 2. The third-order valence-corrected chi connectivity index (χ3v) is 7.22. The monoisotopic (exact) mass is 538 g/mol. The molecule has 0 fully saturated rings. The molecule has 1 N–H and O–H groups in total. The largest absolute Gasteiger partial charge is 0.352 e. The quantitative estimate of drug-likeness (QED) is 0.503. The lowest BCUT2D eigenvalue weighted by atomic mass is 10.1. The molecule has 33 heavy (non-hydrogen) atoms. The first-order valence-electron chi connectivity index (χ1n) is 10.5. The van der Waals surface area contributed by atoms with E-state index < -0.39 is 28.7 Å². The zero-order valence-electron chi connectivity index (χ0n) is 19.5. The third kappa shape index (κ3) is 7.28. The lowest BCUT2D eigenvalue weighted by molar-refractivity contribution is -0.139. The van der Waals surface area contributed by atoms with Gasteiger partial charge in [0.15, 0.2) is 0 Å². The van der Waals surface area contributed by atoms with Gasteiger partial charge >= 0.3 is 10.2 Å². The van der Waals surface area contributed by atoms with Crippen LogP contribution in [0.2, 0.25) is 0 Å². The van der Waals surface area contributed by atoms with Crippen molar-refractivity contribution >= 4 is 43.6 Å². The molecule has 0 spiro atoms. The third-order valence-electron chi connectivity index (χ3n) is 4.90. The standard InChI is InChI=1S/C23H31BrN4O4S/c1-17(2)25-23(30)18(3)27(15-19-10-9-11-20(24)14-19)22(29)16-28(33(31,32)26(4)5)21-12-7-6-8-13-21/h6-14,17-18H,15-16H2,1-5H3,(H,25,30)/t18-/m1/s1. The fraction of sp³-hybridized carbons (Fsp3) is 0.391. The maximum absolute atomic E-state index is 13.5. The average molecular weight is 539 g/mol. The number of nitrogens with zero attached hydrogens (tertiary/aromatic N) is 3. The highest BCUT2D eigenvalue weighted by atomic mass is 79.9. The second-order valence-electron chi connectivity index (χ2n) is 8.12. The number of rotatable bonds is 10. The molecule has 0 saturated carbocycles. The molecule has 2 amide bonds. The molecule has 0 saturated heterocycles. The number of hydrogen-bond donors (Lipinski definition) is 1. The predicted octanol–water partition coefficient (Wildman–Crippen LogP) is 3.00. The minimum Gasteiger partial charge on any atom is -0.352 e. The number of carbonyl (C=O) groups is 2. The Kier molecular flexibility index (Phi) is 9.45. The van der Waals surface area contributed by atoms with Crippen molar-refractivity contribution in [2.45, 2.75) is 39.4 Å². The number of nitrogens with one attached hydrogen (secondary N) is 1. The van der Waals surface area contributed by atoms with Gasteiger partial charge in [-0.05, 0) is 50.6 Å². The normalized spacial score (nSPS) is 12.5. The SMILES string of the molecule is CC(C)NC(=O)[C@@H](C)N(Cc1cccc(Br)c1)C(=O)CN(c1ccccc1)S(=O)(=O)N(C)C. The maximum Gasteiger partial charge on any atom is 0.304 e. The number of anilines is 1. The topological polar surface area (TPSA) is 90.0 Å². The van der Waals surface area contributed by atoms with Gasteiger partial charge in [0, 0.05) is 31.2 Å². The summed E-state index contributed by atoms with van der Waals surface area (Å²) in [6, 6.07) is 14.9. The van der Waals surface area contributed by atoms with E-state index in [2.05, 4.69) is 21.2 Å². The summed E-state index contributed by atoms with van der Waals surface area (Å²) in [7, 11) is -1.13. The fourth-order valence-electron chi connectivity index (χ4n) is 3.13. The first-order valence-corrected chi connectivity index (χ1v) is 12.7. The molecule has 10 heteroatoms. The highest BCUT2D eigenvalue weighted by Gasteiger charge is 2.32. The number of hydrogen-bond acceptors (Lipinski definition) is 4. The van der Waals surface area contributed by atoms with Crippen molar-refractivity contribution in [3.8, 4) is 0 Å². The number of para-hydroxylation sites is 1. The van der Waals surface area contributed by atoms with Crippen LogP contribution in [-0.4, -0.2) is 62.2 Å². The van der Waals surface area contributed by atoms with E-state index in [-0.39, 0.29) is 18.5 Å². The zero-order chi connectivity index (χ0) is 24.8. The molecule has 0 aliphatic carbocycles. The number of benzene rings is 2. The first kappa shape index (κ1) is 26.8. The Hall–Kier alpha value is -2.43. The van der Waals surface area contributed by atoms with Crippen LogP contribution in [0.15, 0.2) is 59.1 Å². The summed E-state index contributed by atoms with van der Waals surface area (Å²) < 4.78 is 29.0. The van der Waals surface area contributed by atoms with Crippen LogP contribution in [0.3, 0.4) is 0 Å². The molecular formula is C23H31BrN4O4S. The highest BCUT2D eigenvalue weighted by Crippen LogP contribution is 2.21. The highest BCUT2D eigenvalue weighted by molar-refractivity contribution is 9.10. The van der Waals surface area contributed by atoms with Crippen molar-refractivity contribution in [1.82, 2.24) is 14.5 Å². The predicted molar refractivity (Wildman–Crippen MR) is 134 cm³/mol. The Morgan fingerprint density at radius 2 is 1.64 bits per heavy atom. The van der Waals surface area contributed by atoms with Gasteiger partial charge in [0.05, 0.1) is 5.69 Å². The van der Waals surface area contributed by atoms with E-state index in [1.54, 1.807) is 37.3 Å². The molecule has 0 unspecified atom stereocenters. The minimum absolute atomic E-state index is 0.0993. The summed E-state index contributed by atoms with van der Waals surface area (Å²) in [4.78, 5) is 27.7. The van der Waals surface area contributed by atoms with Gasteiger partial charge in [-0.25, -0.2) is 4.31 Å². The molecular weight excluding hydrogens is 508 g/mol. The number of carbonyl (C=O) groups excluding carboxylic acids is 2. The Balaban J connectivity index is 2.43. The van der Waals surface area contributed by atoms with Gasteiger partial charge in [0.2, 0.25) is 11.8 Å². The van der Waals surface area contributed by atoms with Crippen LogP contribution in [0.5, 0.6) is 0 Å². The van der Waals surface area contributed by atoms with Crippen LogP contribution >= 0.6 is 15.9 Å². The Labute approximate surface area is 204 Å². The number of halogens is 1. The zero-order valence-corrected chi connectivity index (χ0v) is 21.9. The summed E-state index contributed by atoms with van der Waals surface area (Å²) in [5.41, 5.74) is 1.17. The van der Waals surface area contributed by atoms with E-state index in [4.69, 9.17) is 0 Å². The maximum atomic E-state index is 13.5. The summed E-state index contributed by atoms with van der Waals surface area (Å²) in [6.45, 7) is 5.02. The molecule has 0 bridgehead atoms. The van der Waals surface area contributed by atoms with E-state index in [9.17, 15) is 18.0 Å². The molecule has 2 rings (SSSR count). The van der Waals surface area contributed by atoms with Crippen molar-refractivity contribution in [3.63, 3.8) is 0 Å². The van der Waals surface area contributed by atoms with Crippen LogP contribution in [0, 0.1) is 0 Å². The molecule has 0 aliphatic rings. The summed E-state index contributed by atoms with van der Waals surface area (Å²) in [5.74, 6) is -0.800. The second-order valence-corrected chi connectivity index (χ2v) is 11.1. The molecule has 1 atom stereocenters. The molecule has 180 valence electrons. The fourth-order valence-corrected chi connectivity index (χ4v) is 4.63. The van der Waals surface area contributed by atoms with Gasteiger partial charge in [0.25, 0.3) is 0 Å². The van der Waals surface area contributed by atoms with Crippen LogP contribution in [0.4, 0.5) is 5.69 Å². The molecule has 0 aliphatic heterocycles. The van der Waals surface area contributed by atoms with E-state index in [0.29, 0.717) is 5.69 Å². The van der Waals surface area contributed by atoms with E-state index >= 15 is 0 Å². The van der Waals surface area contributed by atoms with Crippen molar-refractivity contribution in [2.75, 3.05) is 24.9 Å². The lowest BCUT2D eigenvalue weighted by Gasteiger charge is -2.33. The van der Waals surface area contributed by atoms with Crippen LogP contribution in [0.25, 0.3) is 0 Å². The molecule has 0 aromatic heterocycles. The van der Waals surface area contributed by atoms with Gasteiger partial charge < -0.3 is 10.2 Å². The van der Waals surface area contributed by atoms with Gasteiger partial charge in [-0.1, -0.05) is 46.3 Å². The van der Waals surface area contributed by atoms with Crippen molar-refractivity contribution < 1.29 is 18.0 Å². The minimum atomic E-state index is -3.95. The summed E-state index contributed by atoms with van der Waals surface area (Å²) >= 11 is 3.42. The van der Waals surface area contributed by atoms with E-state index in [0.717, 1.165) is 18.6 Å². The lowest BCUT2D eigenvalue weighted by Crippen LogP contribution is -2.53. The van der Waals surface area contributed by atoms with Crippen LogP contribution in [-0.2, 0) is 26.3 Å². The van der Waals surface area contributed by atoms with Gasteiger partial charge in [-0.15, -0.1) is 0 Å². The van der Waals surface area contributed by atoms with E-state index in [1.165, 1.54) is 19.0 Å². The van der Waals surface area contributed by atoms with Gasteiger partial charge in [-0.2, -0.15) is 12.7 Å².